The first-order valence-electron chi connectivity index (χ1n) is 13.9. The molecule has 2 aromatic rings. The highest BCUT2D eigenvalue weighted by Crippen LogP contribution is 2.17. The van der Waals surface area contributed by atoms with Gasteiger partial charge in [-0.05, 0) is 68.8 Å². The van der Waals surface area contributed by atoms with Crippen LogP contribution in [0.3, 0.4) is 0 Å². The molecule has 2 aromatic carbocycles. The number of nitrogens with one attached hydrogen (secondary N) is 6. The van der Waals surface area contributed by atoms with Gasteiger partial charge in [0.15, 0.2) is 0 Å². The Hall–Kier alpha value is -5.14. The predicted molar refractivity (Wildman–Crippen MR) is 157 cm³/mol. The SMILES string of the molecule is CCOc1ccc(NC(=O)CCC(=O)NNC(=O)CCCC(=O)NNC(=O)CCC(=O)Nc2ccc(OCC)cc2)cc1. The number of rotatable bonds is 16. The number of hydrogen-bond acceptors (Lipinski definition) is 8. The van der Waals surface area contributed by atoms with Gasteiger partial charge in [0.05, 0.1) is 13.2 Å². The Morgan fingerprint density at radius 2 is 0.767 bits per heavy atom. The van der Waals surface area contributed by atoms with E-state index < -0.39 is 23.6 Å². The number of carbonyl (C=O) groups is 6. The maximum atomic E-state index is 12.0. The molecule has 0 aliphatic carbocycles. The Kier molecular flexibility index (Phi) is 15.1. The summed E-state index contributed by atoms with van der Waals surface area (Å²) in [6, 6.07) is 13.6. The molecule has 6 amide bonds. The Morgan fingerprint density at radius 3 is 1.09 bits per heavy atom. The summed E-state index contributed by atoms with van der Waals surface area (Å²) >= 11 is 0. The van der Waals surface area contributed by atoms with Crippen molar-refractivity contribution in [1.29, 1.82) is 0 Å². The van der Waals surface area contributed by atoms with E-state index >= 15 is 0 Å². The molecule has 0 aliphatic heterocycles. The van der Waals surface area contributed by atoms with Gasteiger partial charge in [-0.1, -0.05) is 0 Å². The van der Waals surface area contributed by atoms with Gasteiger partial charge < -0.3 is 20.1 Å². The highest BCUT2D eigenvalue weighted by atomic mass is 16.5. The van der Waals surface area contributed by atoms with Crippen LogP contribution < -0.4 is 41.8 Å². The van der Waals surface area contributed by atoms with Gasteiger partial charge >= 0.3 is 0 Å². The smallest absolute Gasteiger partial charge is 0.238 e. The number of carbonyl (C=O) groups excluding carboxylic acids is 6. The van der Waals surface area contributed by atoms with Gasteiger partial charge in [-0.15, -0.1) is 0 Å². The molecule has 0 spiro atoms. The molecule has 2 rings (SSSR count). The molecule has 0 fully saturated rings. The van der Waals surface area contributed by atoms with E-state index in [1.165, 1.54) is 0 Å². The molecule has 0 aliphatic rings. The van der Waals surface area contributed by atoms with Crippen molar-refractivity contribution in [3.63, 3.8) is 0 Å². The van der Waals surface area contributed by atoms with Crippen molar-refractivity contribution in [3.8, 4) is 11.5 Å². The summed E-state index contributed by atoms with van der Waals surface area (Å²) in [5, 5.41) is 5.33. The molecule has 232 valence electrons. The molecule has 0 radical (unpaired) electrons. The van der Waals surface area contributed by atoms with Crippen LogP contribution in [-0.2, 0) is 28.8 Å². The highest BCUT2D eigenvalue weighted by Gasteiger charge is 2.11. The van der Waals surface area contributed by atoms with Crippen molar-refractivity contribution in [2.75, 3.05) is 23.8 Å². The molecule has 0 heterocycles. The number of hydrazine groups is 2. The van der Waals surface area contributed by atoms with E-state index in [2.05, 4.69) is 32.3 Å². The van der Waals surface area contributed by atoms with Crippen molar-refractivity contribution in [3.05, 3.63) is 48.5 Å². The summed E-state index contributed by atoms with van der Waals surface area (Å²) < 4.78 is 10.7. The zero-order valence-electron chi connectivity index (χ0n) is 24.2. The minimum Gasteiger partial charge on any atom is -0.494 e. The number of amides is 6. The molecule has 0 saturated carbocycles. The minimum atomic E-state index is -0.552. The van der Waals surface area contributed by atoms with Crippen LogP contribution in [0.4, 0.5) is 11.4 Å². The monoisotopic (exact) mass is 598 g/mol. The van der Waals surface area contributed by atoms with E-state index in [0.717, 1.165) is 0 Å². The zero-order valence-corrected chi connectivity index (χ0v) is 24.2. The summed E-state index contributed by atoms with van der Waals surface area (Å²) in [6.45, 7) is 4.80. The normalized spacial score (nSPS) is 10.1. The molecule has 0 unspecified atom stereocenters. The standard InChI is InChI=1S/C29H38N6O8/c1-3-42-22-12-8-20(9-13-22)30-24(36)16-18-28(40)34-32-26(38)6-5-7-27(39)33-35-29(41)19-17-25(37)31-21-10-14-23(15-11-21)43-4-2/h8-15H,3-7,16-19H2,1-2H3,(H,30,36)(H,31,37)(H,32,38)(H,33,39)(H,34,40)(H,35,41). The second kappa shape index (κ2) is 19.1. The molecule has 0 atom stereocenters. The first-order chi connectivity index (χ1) is 20.7. The average molecular weight is 599 g/mol. The van der Waals surface area contributed by atoms with Gasteiger partial charge in [-0.2, -0.15) is 0 Å². The van der Waals surface area contributed by atoms with E-state index in [1.54, 1.807) is 48.5 Å². The molecule has 0 saturated heterocycles. The second-order valence-corrected chi connectivity index (χ2v) is 9.06. The molecule has 43 heavy (non-hydrogen) atoms. The second-order valence-electron chi connectivity index (χ2n) is 9.06. The predicted octanol–water partition coefficient (Wildman–Crippen LogP) is 2.09. The average Bonchev–Trinajstić information content (AvgIpc) is 2.99. The Labute approximate surface area is 249 Å². The van der Waals surface area contributed by atoms with Crippen molar-refractivity contribution in [2.24, 2.45) is 0 Å². The molecule has 0 bridgehead atoms. The third-order valence-electron chi connectivity index (χ3n) is 5.55. The fourth-order valence-corrected chi connectivity index (χ4v) is 3.44. The van der Waals surface area contributed by atoms with Crippen LogP contribution >= 0.6 is 0 Å². The lowest BCUT2D eigenvalue weighted by Gasteiger charge is -2.09. The quantitative estimate of drug-likeness (QED) is 0.158. The van der Waals surface area contributed by atoms with Gasteiger partial charge in [0.1, 0.15) is 11.5 Å². The molecule has 6 N–H and O–H groups in total. The Balaban J connectivity index is 1.51. The molecule has 14 heteroatoms. The van der Waals surface area contributed by atoms with Crippen LogP contribution in [0.5, 0.6) is 11.5 Å². The summed E-state index contributed by atoms with van der Waals surface area (Å²) in [4.78, 5) is 71.7. The fraction of sp³-hybridized carbons (Fsp3) is 0.379. The Bertz CT molecular complexity index is 1140. The zero-order chi connectivity index (χ0) is 31.5. The summed E-state index contributed by atoms with van der Waals surface area (Å²) in [6.07, 6.45) is -0.443. The summed E-state index contributed by atoms with van der Waals surface area (Å²) in [5.74, 6) is -1.53. The van der Waals surface area contributed by atoms with Crippen LogP contribution in [0.1, 0.15) is 58.8 Å². The fourth-order valence-electron chi connectivity index (χ4n) is 3.44. The number of ether oxygens (including phenoxy) is 2. The maximum Gasteiger partial charge on any atom is 0.238 e. The van der Waals surface area contributed by atoms with E-state index in [9.17, 15) is 28.8 Å². The van der Waals surface area contributed by atoms with Gasteiger partial charge in [-0.25, -0.2) is 0 Å². The van der Waals surface area contributed by atoms with Gasteiger partial charge in [-0.3, -0.25) is 50.5 Å². The van der Waals surface area contributed by atoms with Crippen molar-refractivity contribution < 1.29 is 38.2 Å². The van der Waals surface area contributed by atoms with Crippen molar-refractivity contribution >= 4 is 46.8 Å². The summed E-state index contributed by atoms with van der Waals surface area (Å²) in [5.41, 5.74) is 10.0. The summed E-state index contributed by atoms with van der Waals surface area (Å²) in [7, 11) is 0. The lowest BCUT2D eigenvalue weighted by Crippen LogP contribution is -2.42. The molecule has 0 aromatic heterocycles. The molecular weight excluding hydrogens is 560 g/mol. The van der Waals surface area contributed by atoms with Crippen LogP contribution in [0.2, 0.25) is 0 Å². The lowest BCUT2D eigenvalue weighted by molar-refractivity contribution is -0.130. The van der Waals surface area contributed by atoms with Gasteiger partial charge in [0.2, 0.25) is 35.4 Å². The van der Waals surface area contributed by atoms with Crippen molar-refractivity contribution in [2.45, 2.75) is 58.8 Å². The van der Waals surface area contributed by atoms with Gasteiger partial charge in [0.25, 0.3) is 0 Å². The van der Waals surface area contributed by atoms with E-state index in [1.807, 2.05) is 13.8 Å². The van der Waals surface area contributed by atoms with E-state index in [-0.39, 0.29) is 56.8 Å². The highest BCUT2D eigenvalue weighted by molar-refractivity contribution is 5.94. The van der Waals surface area contributed by atoms with E-state index in [4.69, 9.17) is 9.47 Å². The largest absolute Gasteiger partial charge is 0.494 e. The third-order valence-corrected chi connectivity index (χ3v) is 5.55. The number of hydrogen-bond donors (Lipinski definition) is 6. The molecular formula is C29H38N6O8. The number of benzene rings is 2. The van der Waals surface area contributed by atoms with Gasteiger partial charge in [0, 0.05) is 49.9 Å². The maximum absolute atomic E-state index is 12.0. The van der Waals surface area contributed by atoms with E-state index in [0.29, 0.717) is 36.1 Å². The van der Waals surface area contributed by atoms with Crippen LogP contribution in [0.15, 0.2) is 48.5 Å². The van der Waals surface area contributed by atoms with Crippen molar-refractivity contribution in [1.82, 2.24) is 21.7 Å². The van der Waals surface area contributed by atoms with Crippen LogP contribution in [-0.4, -0.2) is 48.7 Å². The number of anilines is 2. The minimum absolute atomic E-state index is 0.0639. The first kappa shape index (κ1) is 34.1. The first-order valence-corrected chi connectivity index (χ1v) is 13.9. The third kappa shape index (κ3) is 14.9. The lowest BCUT2D eigenvalue weighted by atomic mass is 10.2. The molecule has 14 nitrogen and oxygen atoms in total. The Morgan fingerprint density at radius 1 is 0.465 bits per heavy atom. The van der Waals surface area contributed by atoms with Crippen LogP contribution in [0.25, 0.3) is 0 Å². The topological polar surface area (TPSA) is 193 Å². The van der Waals surface area contributed by atoms with Crippen LogP contribution in [0, 0.1) is 0 Å².